The maximum Gasteiger partial charge on any atom is 0.335 e. The molecule has 30 heavy (non-hydrogen) atoms. The summed E-state index contributed by atoms with van der Waals surface area (Å²) in [5.41, 5.74) is 27.7. The summed E-state index contributed by atoms with van der Waals surface area (Å²) in [5, 5.41) is 8.52. The summed E-state index contributed by atoms with van der Waals surface area (Å²) >= 11 is 0. The number of carbonyl (C=O) groups excluding carboxylic acids is 1. The fourth-order valence-electron chi connectivity index (χ4n) is 2.70. The van der Waals surface area contributed by atoms with Crippen LogP contribution in [0.15, 0.2) is 54.6 Å². The number of carboxylic acid groups (broad SMARTS) is 1. The first-order chi connectivity index (χ1) is 14.2. The lowest BCUT2D eigenvalue weighted by atomic mass is 10.0. The smallest absolute Gasteiger partial charge is 0.335 e. The number of aryl methyl sites for hydroxylation is 1. The molecular formula is C22H24N4O4. The van der Waals surface area contributed by atoms with E-state index in [1.807, 2.05) is 31.2 Å². The van der Waals surface area contributed by atoms with E-state index >= 15 is 0 Å². The normalized spacial score (nSPS) is 9.90. The molecule has 3 aromatic rings. The predicted octanol–water partition coefficient (Wildman–Crippen LogP) is 2.83. The van der Waals surface area contributed by atoms with E-state index in [0.717, 1.165) is 28.8 Å². The van der Waals surface area contributed by atoms with Gasteiger partial charge in [-0.05, 0) is 66.4 Å². The molecule has 9 N–H and O–H groups in total. The van der Waals surface area contributed by atoms with Crippen molar-refractivity contribution in [1.29, 1.82) is 0 Å². The van der Waals surface area contributed by atoms with Gasteiger partial charge in [0.25, 0.3) is 6.47 Å². The van der Waals surface area contributed by atoms with E-state index in [1.165, 1.54) is 18.2 Å². The van der Waals surface area contributed by atoms with Crippen molar-refractivity contribution in [2.75, 3.05) is 22.9 Å². The molecule has 3 aromatic carbocycles. The average molecular weight is 408 g/mol. The molecule has 8 nitrogen and oxygen atoms in total. The maximum absolute atomic E-state index is 10.4. The number of benzene rings is 3. The van der Waals surface area contributed by atoms with Crippen molar-refractivity contribution in [3.8, 4) is 5.75 Å². The summed E-state index contributed by atoms with van der Waals surface area (Å²) in [5.74, 6) is -0.647. The van der Waals surface area contributed by atoms with Gasteiger partial charge >= 0.3 is 5.97 Å². The number of nitrogens with two attached hydrogens (primary N) is 4. The van der Waals surface area contributed by atoms with E-state index in [2.05, 4.69) is 0 Å². The lowest BCUT2D eigenvalue weighted by Crippen LogP contribution is -1.99. The van der Waals surface area contributed by atoms with E-state index < -0.39 is 5.97 Å². The van der Waals surface area contributed by atoms with Crippen LogP contribution in [0.2, 0.25) is 0 Å². The summed E-state index contributed by atoms with van der Waals surface area (Å²) in [6.07, 6.45) is 0.732. The topological polar surface area (TPSA) is 168 Å². The van der Waals surface area contributed by atoms with Crippen molar-refractivity contribution in [2.45, 2.75) is 13.3 Å². The fourth-order valence-corrected chi connectivity index (χ4v) is 2.70. The molecule has 0 radical (unpaired) electrons. The van der Waals surface area contributed by atoms with E-state index in [1.54, 1.807) is 12.1 Å². The highest BCUT2D eigenvalue weighted by atomic mass is 16.5. The highest BCUT2D eigenvalue weighted by molar-refractivity contribution is 5.90. The molecule has 0 saturated heterocycles. The first kappa shape index (κ1) is 22.1. The van der Waals surface area contributed by atoms with Crippen molar-refractivity contribution in [3.63, 3.8) is 0 Å². The Kier molecular flexibility index (Phi) is 7.24. The van der Waals surface area contributed by atoms with Gasteiger partial charge in [0.05, 0.1) is 11.3 Å². The number of ether oxygens (including phenoxy) is 1. The van der Waals surface area contributed by atoms with E-state index in [0.29, 0.717) is 29.3 Å². The zero-order valence-electron chi connectivity index (χ0n) is 16.5. The highest BCUT2D eigenvalue weighted by Gasteiger charge is 2.04. The summed E-state index contributed by atoms with van der Waals surface area (Å²) in [6, 6.07) is 15.6. The van der Waals surface area contributed by atoms with Gasteiger partial charge in [0.2, 0.25) is 0 Å². The predicted molar refractivity (Wildman–Crippen MR) is 118 cm³/mol. The van der Waals surface area contributed by atoms with Crippen molar-refractivity contribution < 1.29 is 19.4 Å². The zero-order valence-corrected chi connectivity index (χ0v) is 16.5. The number of anilines is 4. The van der Waals surface area contributed by atoms with Gasteiger partial charge in [-0.15, -0.1) is 0 Å². The second kappa shape index (κ2) is 9.83. The Morgan fingerprint density at radius 1 is 0.900 bits per heavy atom. The minimum atomic E-state index is -1.02. The molecule has 0 spiro atoms. The molecule has 0 atom stereocenters. The summed E-state index contributed by atoms with van der Waals surface area (Å²) in [7, 11) is 0. The third-order valence-corrected chi connectivity index (χ3v) is 4.23. The Balaban J connectivity index is 0.000000248. The quantitative estimate of drug-likeness (QED) is 0.317. The van der Waals surface area contributed by atoms with Crippen molar-refractivity contribution in [2.24, 2.45) is 0 Å². The van der Waals surface area contributed by atoms with Gasteiger partial charge in [-0.1, -0.05) is 18.2 Å². The Morgan fingerprint density at radius 3 is 1.97 bits per heavy atom. The molecule has 3 rings (SSSR count). The molecule has 0 bridgehead atoms. The van der Waals surface area contributed by atoms with Crippen LogP contribution in [-0.4, -0.2) is 17.5 Å². The number of rotatable bonds is 5. The van der Waals surface area contributed by atoms with E-state index in [9.17, 15) is 9.59 Å². The van der Waals surface area contributed by atoms with Gasteiger partial charge < -0.3 is 32.8 Å². The number of carbonyl (C=O) groups is 2. The molecule has 0 aliphatic carbocycles. The standard InChI is InChI=1S/C15H16N2O2.C7H8N2O2/c1-10-2-3-11(7-13(10)16)6-12-4-5-15(19-9-18)14(17)8-12;8-5-1-4(7(10)11)2-6(9)3-5/h2-5,7-9H,6,16-17H2,1H3;1-3H,8-9H2,(H,10,11). The lowest BCUT2D eigenvalue weighted by molar-refractivity contribution is -0.120. The third kappa shape index (κ3) is 6.16. The van der Waals surface area contributed by atoms with Crippen LogP contribution in [0, 0.1) is 6.92 Å². The van der Waals surface area contributed by atoms with E-state index in [-0.39, 0.29) is 5.56 Å². The van der Waals surface area contributed by atoms with Gasteiger partial charge in [-0.3, -0.25) is 4.79 Å². The number of nitrogen functional groups attached to an aromatic ring is 4. The molecule has 0 aliphatic heterocycles. The van der Waals surface area contributed by atoms with Crippen LogP contribution >= 0.6 is 0 Å². The van der Waals surface area contributed by atoms with Crippen LogP contribution in [0.4, 0.5) is 22.7 Å². The number of aromatic carboxylic acids is 1. The van der Waals surface area contributed by atoms with Gasteiger partial charge in [0.15, 0.2) is 5.75 Å². The summed E-state index contributed by atoms with van der Waals surface area (Å²) < 4.78 is 4.75. The minimum absolute atomic E-state index is 0.113. The number of carboxylic acids is 1. The Hall–Kier alpha value is -4.20. The van der Waals surface area contributed by atoms with Crippen LogP contribution < -0.4 is 27.7 Å². The zero-order chi connectivity index (χ0) is 22.3. The van der Waals surface area contributed by atoms with Gasteiger partial charge in [0.1, 0.15) is 0 Å². The van der Waals surface area contributed by atoms with Crippen molar-refractivity contribution in [1.82, 2.24) is 0 Å². The largest absolute Gasteiger partial charge is 0.478 e. The average Bonchev–Trinajstić information content (AvgIpc) is 2.67. The Morgan fingerprint density at radius 2 is 1.47 bits per heavy atom. The molecule has 0 saturated carbocycles. The summed E-state index contributed by atoms with van der Waals surface area (Å²) in [6.45, 7) is 2.34. The lowest BCUT2D eigenvalue weighted by Gasteiger charge is -2.08. The van der Waals surface area contributed by atoms with Gasteiger partial charge in [-0.2, -0.15) is 0 Å². The maximum atomic E-state index is 10.4. The summed E-state index contributed by atoms with van der Waals surface area (Å²) in [4.78, 5) is 20.7. The van der Waals surface area contributed by atoms with Crippen molar-refractivity contribution in [3.05, 3.63) is 76.9 Å². The van der Waals surface area contributed by atoms with Crippen molar-refractivity contribution >= 4 is 35.2 Å². The van der Waals surface area contributed by atoms with Gasteiger partial charge in [0, 0.05) is 17.1 Å². The van der Waals surface area contributed by atoms with E-state index in [4.69, 9.17) is 32.8 Å². The Bertz CT molecular complexity index is 1050. The van der Waals surface area contributed by atoms with Crippen LogP contribution in [0.25, 0.3) is 0 Å². The van der Waals surface area contributed by atoms with Crippen LogP contribution in [-0.2, 0) is 11.2 Å². The van der Waals surface area contributed by atoms with Crippen LogP contribution in [0.5, 0.6) is 5.75 Å². The molecule has 8 heteroatoms. The molecule has 0 fully saturated rings. The molecule has 0 aromatic heterocycles. The van der Waals surface area contributed by atoms with Gasteiger partial charge in [-0.25, -0.2) is 4.79 Å². The molecular weight excluding hydrogens is 384 g/mol. The first-order valence-corrected chi connectivity index (χ1v) is 8.92. The Labute approximate surface area is 174 Å². The molecule has 0 unspecified atom stereocenters. The fraction of sp³-hybridized carbons (Fsp3) is 0.0909. The minimum Gasteiger partial charge on any atom is -0.478 e. The molecule has 0 heterocycles. The highest BCUT2D eigenvalue weighted by Crippen LogP contribution is 2.24. The SMILES string of the molecule is Cc1ccc(Cc2ccc(OC=O)c(N)c2)cc1N.Nc1cc(N)cc(C(=O)O)c1. The monoisotopic (exact) mass is 408 g/mol. The number of hydrogen-bond acceptors (Lipinski definition) is 7. The van der Waals surface area contributed by atoms with Crippen LogP contribution in [0.1, 0.15) is 27.0 Å². The second-order valence-corrected chi connectivity index (χ2v) is 6.65. The molecule has 0 amide bonds. The number of hydrogen-bond donors (Lipinski definition) is 5. The third-order valence-electron chi connectivity index (χ3n) is 4.23. The first-order valence-electron chi connectivity index (χ1n) is 8.92. The molecule has 156 valence electrons. The second-order valence-electron chi connectivity index (χ2n) is 6.65. The van der Waals surface area contributed by atoms with Crippen LogP contribution in [0.3, 0.4) is 0 Å². The molecule has 0 aliphatic rings.